The van der Waals surface area contributed by atoms with E-state index in [1.165, 1.54) is 114 Å². The summed E-state index contributed by atoms with van der Waals surface area (Å²) in [5.41, 5.74) is 19.5. The summed E-state index contributed by atoms with van der Waals surface area (Å²) in [5.74, 6) is 0.590. The van der Waals surface area contributed by atoms with Crippen LogP contribution in [0.25, 0.3) is 44.2 Å². The summed E-state index contributed by atoms with van der Waals surface area (Å²) >= 11 is 0. The lowest BCUT2D eigenvalue weighted by Gasteiger charge is -2.21. The lowest BCUT2D eigenvalue weighted by molar-refractivity contribution is 0.660. The lowest BCUT2D eigenvalue weighted by atomic mass is 9.82. The molecule has 0 fully saturated rings. The van der Waals surface area contributed by atoms with Gasteiger partial charge in [0.2, 0.25) is 0 Å². The van der Waals surface area contributed by atoms with Crippen molar-refractivity contribution in [3.63, 3.8) is 0 Å². The highest BCUT2D eigenvalue weighted by atomic mass is 14.4. The predicted octanol–water partition coefficient (Wildman–Crippen LogP) is 18.7. The first kappa shape index (κ1) is 48.1. The zero-order valence-corrected chi connectivity index (χ0v) is 40.2. The fraction of sp³-hybridized carbons (Fsp3) is 0.270. The van der Waals surface area contributed by atoms with Crippen LogP contribution in [-0.2, 0) is 11.8 Å². The largest absolute Gasteiger partial charge is 0.0683 e. The third-order valence-corrected chi connectivity index (χ3v) is 12.3. The lowest BCUT2D eigenvalue weighted by Crippen LogP contribution is -2.14. The Balaban J connectivity index is 0.000000163. The summed E-state index contributed by atoms with van der Waals surface area (Å²) in [5, 5.41) is 2.64. The monoisotopic (exact) mass is 829 g/mol. The van der Waals surface area contributed by atoms with Crippen LogP contribution < -0.4 is 0 Å². The zero-order chi connectivity index (χ0) is 45.4. The van der Waals surface area contributed by atoms with E-state index in [9.17, 15) is 0 Å². The molecule has 0 N–H and O–H groups in total. The van der Waals surface area contributed by atoms with E-state index in [2.05, 4.69) is 226 Å². The highest BCUT2D eigenvalue weighted by Crippen LogP contribution is 2.48. The van der Waals surface area contributed by atoms with Gasteiger partial charge in [0.15, 0.2) is 0 Å². The molecular weight excluding hydrogens is 757 g/mol. The van der Waals surface area contributed by atoms with Gasteiger partial charge >= 0.3 is 0 Å². The van der Waals surface area contributed by atoms with Crippen LogP contribution in [0, 0.1) is 27.7 Å². The second-order valence-electron chi connectivity index (χ2n) is 17.5. The van der Waals surface area contributed by atoms with Crippen LogP contribution in [0.1, 0.15) is 118 Å². The molecule has 0 nitrogen and oxygen atoms in total. The molecule has 0 aliphatic heterocycles. The first-order valence-corrected chi connectivity index (χ1v) is 23.5. The number of benzene rings is 8. The second-order valence-corrected chi connectivity index (χ2v) is 17.5. The van der Waals surface area contributed by atoms with Gasteiger partial charge in [0.05, 0.1) is 0 Å². The molecule has 0 heteroatoms. The Kier molecular flexibility index (Phi) is 17.9. The van der Waals surface area contributed by atoms with Crippen molar-refractivity contribution < 1.29 is 0 Å². The highest BCUT2D eigenvalue weighted by molar-refractivity contribution is 5.89. The third kappa shape index (κ3) is 12.6. The van der Waals surface area contributed by atoms with Crippen LogP contribution >= 0.6 is 0 Å². The molecule has 0 bridgehead atoms. The molecule has 1 aliphatic rings. The van der Waals surface area contributed by atoms with Gasteiger partial charge in [-0.25, -0.2) is 0 Å². The Morgan fingerprint density at radius 1 is 0.444 bits per heavy atom. The van der Waals surface area contributed by atoms with E-state index in [0.717, 1.165) is 0 Å². The van der Waals surface area contributed by atoms with E-state index in [1.54, 1.807) is 0 Å². The number of fused-ring (bicyclic) bond motifs is 4. The van der Waals surface area contributed by atoms with Gasteiger partial charge in [0, 0.05) is 5.41 Å². The summed E-state index contributed by atoms with van der Waals surface area (Å²) < 4.78 is 0. The van der Waals surface area contributed by atoms with Crippen molar-refractivity contribution in [2.75, 3.05) is 0 Å². The van der Waals surface area contributed by atoms with Gasteiger partial charge in [0.1, 0.15) is 0 Å². The summed E-state index contributed by atoms with van der Waals surface area (Å²) in [7, 11) is 0. The topological polar surface area (TPSA) is 0 Å². The fourth-order valence-electron chi connectivity index (χ4n) is 8.38. The molecule has 324 valence electrons. The Hall–Kier alpha value is -5.98. The third-order valence-electron chi connectivity index (χ3n) is 12.3. The number of unbranched alkanes of at least 4 members (excludes halogenated alkanes) is 1. The van der Waals surface area contributed by atoms with Crippen LogP contribution in [0.4, 0.5) is 0 Å². The Morgan fingerprint density at radius 3 is 1.56 bits per heavy atom. The van der Waals surface area contributed by atoms with E-state index in [0.29, 0.717) is 5.92 Å². The van der Waals surface area contributed by atoms with Crippen LogP contribution in [0.15, 0.2) is 182 Å². The maximum atomic E-state index is 2.34. The minimum absolute atomic E-state index is 0.151. The van der Waals surface area contributed by atoms with Crippen molar-refractivity contribution in [1.82, 2.24) is 0 Å². The van der Waals surface area contributed by atoms with E-state index in [4.69, 9.17) is 0 Å². The first-order valence-electron chi connectivity index (χ1n) is 23.5. The van der Waals surface area contributed by atoms with Crippen molar-refractivity contribution in [2.24, 2.45) is 0 Å². The molecule has 1 atom stereocenters. The molecule has 1 aliphatic carbocycles. The van der Waals surface area contributed by atoms with Gasteiger partial charge in [-0.2, -0.15) is 0 Å². The number of hydrogen-bond donors (Lipinski definition) is 0. The summed E-state index contributed by atoms with van der Waals surface area (Å²) in [6.45, 7) is 24.0. The minimum atomic E-state index is 0.151. The quantitative estimate of drug-likeness (QED) is 0.150. The summed E-state index contributed by atoms with van der Waals surface area (Å²) in [4.78, 5) is 0. The zero-order valence-electron chi connectivity index (χ0n) is 40.2. The molecule has 63 heavy (non-hydrogen) atoms. The molecule has 9 rings (SSSR count). The number of hydrogen-bond acceptors (Lipinski definition) is 0. The highest BCUT2D eigenvalue weighted by Gasteiger charge is 2.34. The molecule has 0 aromatic heterocycles. The van der Waals surface area contributed by atoms with Crippen LogP contribution in [-0.4, -0.2) is 0 Å². The van der Waals surface area contributed by atoms with Gasteiger partial charge in [0.25, 0.3) is 0 Å². The van der Waals surface area contributed by atoms with E-state index in [-0.39, 0.29) is 5.41 Å². The molecule has 0 radical (unpaired) electrons. The van der Waals surface area contributed by atoms with Crippen LogP contribution in [0.2, 0.25) is 0 Å². The number of rotatable bonds is 7. The van der Waals surface area contributed by atoms with Gasteiger partial charge in [-0.05, 0) is 131 Å². The smallest absolute Gasteiger partial charge is 0.0158 e. The average molecular weight is 829 g/mol. The first-order chi connectivity index (χ1) is 30.5. The molecule has 8 aromatic rings. The molecule has 0 spiro atoms. The average Bonchev–Trinajstić information content (AvgIpc) is 3.54. The van der Waals surface area contributed by atoms with Gasteiger partial charge in [-0.15, -0.1) is 0 Å². The molecule has 0 saturated heterocycles. The Labute approximate surface area is 382 Å². The van der Waals surface area contributed by atoms with Crippen LogP contribution in [0.3, 0.4) is 0 Å². The minimum Gasteiger partial charge on any atom is -0.0683 e. The molecular formula is C63H72. The van der Waals surface area contributed by atoms with Crippen molar-refractivity contribution in [3.05, 3.63) is 226 Å². The molecule has 8 aromatic carbocycles. The van der Waals surface area contributed by atoms with Crippen molar-refractivity contribution in [3.8, 4) is 33.4 Å². The van der Waals surface area contributed by atoms with Crippen LogP contribution in [0.5, 0.6) is 0 Å². The van der Waals surface area contributed by atoms with E-state index < -0.39 is 0 Å². The Bertz CT molecular complexity index is 2600. The molecule has 0 heterocycles. The SMILES string of the molecule is CC.CCC(C)c1ccccc1-c1cc2ccccc2cc1C.CCCCc1ccc(-c2ccc(C)cc2)cc1.Cc1ccc2c(c1)C(C)(C)c1ccccc1-2.Cc1ccccc1. The summed E-state index contributed by atoms with van der Waals surface area (Å²) in [6.07, 6.45) is 4.91. The molecule has 1 unspecified atom stereocenters. The second kappa shape index (κ2) is 23.5. The molecule has 0 saturated carbocycles. The van der Waals surface area contributed by atoms with Crippen molar-refractivity contribution >= 4 is 10.8 Å². The normalized spacial score (nSPS) is 12.0. The molecule has 0 amide bonds. The van der Waals surface area contributed by atoms with Crippen molar-refractivity contribution in [1.29, 1.82) is 0 Å². The van der Waals surface area contributed by atoms with E-state index in [1.807, 2.05) is 32.0 Å². The van der Waals surface area contributed by atoms with Gasteiger partial charge in [-0.3, -0.25) is 0 Å². The predicted molar refractivity (Wildman–Crippen MR) is 279 cm³/mol. The Morgan fingerprint density at radius 2 is 0.952 bits per heavy atom. The summed E-state index contributed by atoms with van der Waals surface area (Å²) in [6, 6.07) is 65.6. The maximum Gasteiger partial charge on any atom is 0.0158 e. The van der Waals surface area contributed by atoms with Gasteiger partial charge in [-0.1, -0.05) is 248 Å². The van der Waals surface area contributed by atoms with Gasteiger partial charge < -0.3 is 0 Å². The maximum absolute atomic E-state index is 2.34. The van der Waals surface area contributed by atoms with E-state index >= 15 is 0 Å². The fourth-order valence-corrected chi connectivity index (χ4v) is 8.38. The van der Waals surface area contributed by atoms with Crippen molar-refractivity contribution in [2.45, 2.75) is 113 Å². The number of aryl methyl sites for hydroxylation is 5. The standard InChI is InChI=1S/C21H22.C17H20.C16H16.C7H8.C2H6/c1-4-15(2)19-11-7-8-12-20(19)21-14-18-10-6-5-9-17(18)13-16(21)3;1-3-4-5-15-8-12-17(13-9-15)16-10-6-14(2)7-11-16;1-11-8-9-13-12-6-4-5-7-14(12)16(2,3)15(13)10-11;1-7-5-3-2-4-6-7;1-2/h5-15H,4H2,1-3H3;6-13H,3-5H2,1-2H3;4-10H,1-3H3;2-6H,1H3;1-2H3.